The predicted octanol–water partition coefficient (Wildman–Crippen LogP) is 2.84. The minimum absolute atomic E-state index is 0.275. The van der Waals surface area contributed by atoms with Crippen LogP contribution in [0.5, 0.6) is 0 Å². The Hall–Kier alpha value is -0.0800. The molecule has 0 aliphatic heterocycles. The summed E-state index contributed by atoms with van der Waals surface area (Å²) in [6, 6.07) is 0. The van der Waals surface area contributed by atoms with Crippen molar-refractivity contribution in [1.29, 1.82) is 0 Å². The van der Waals surface area contributed by atoms with E-state index in [4.69, 9.17) is 0 Å². The quantitative estimate of drug-likeness (QED) is 0.710. The van der Waals surface area contributed by atoms with Crippen molar-refractivity contribution in [2.75, 3.05) is 26.7 Å². The van der Waals surface area contributed by atoms with Crippen LogP contribution >= 0.6 is 0 Å². The molecule has 0 rings (SSSR count). The van der Waals surface area contributed by atoms with Gasteiger partial charge in [-0.25, -0.2) is 0 Å². The Morgan fingerprint density at radius 1 is 0.800 bits per heavy atom. The molecular formula is C13H30N2. The van der Waals surface area contributed by atoms with Crippen LogP contribution in [0.25, 0.3) is 0 Å². The molecule has 0 unspecified atom stereocenters. The summed E-state index contributed by atoms with van der Waals surface area (Å²) in [5, 5.41) is 0. The molecule has 92 valence electrons. The van der Waals surface area contributed by atoms with Crippen molar-refractivity contribution in [3.8, 4) is 0 Å². The maximum Gasteiger partial charge on any atom is 0.0125 e. The summed E-state index contributed by atoms with van der Waals surface area (Å²) >= 11 is 0. The van der Waals surface area contributed by atoms with Gasteiger partial charge in [-0.1, -0.05) is 6.92 Å². The predicted molar refractivity (Wildman–Crippen MR) is 69.4 cm³/mol. The second kappa shape index (κ2) is 5.31. The number of rotatable bonds is 4. The largest absolute Gasteiger partial charge is 0.300 e. The molecule has 0 radical (unpaired) electrons. The van der Waals surface area contributed by atoms with Crippen LogP contribution in [0.3, 0.4) is 0 Å². The van der Waals surface area contributed by atoms with Crippen molar-refractivity contribution >= 4 is 0 Å². The summed E-state index contributed by atoms with van der Waals surface area (Å²) < 4.78 is 0. The van der Waals surface area contributed by atoms with Crippen molar-refractivity contribution in [2.45, 2.75) is 59.5 Å². The molecule has 0 aromatic heterocycles. The molecular weight excluding hydrogens is 184 g/mol. The number of hydrogen-bond donors (Lipinski definition) is 0. The van der Waals surface area contributed by atoms with Crippen LogP contribution in [0.4, 0.5) is 0 Å². The maximum atomic E-state index is 2.52. The van der Waals surface area contributed by atoms with Crippen LogP contribution in [0.2, 0.25) is 0 Å². The smallest absolute Gasteiger partial charge is 0.0125 e. The van der Waals surface area contributed by atoms with E-state index < -0.39 is 0 Å². The van der Waals surface area contributed by atoms with Crippen LogP contribution < -0.4 is 0 Å². The molecule has 0 bridgehead atoms. The minimum Gasteiger partial charge on any atom is -0.300 e. The lowest BCUT2D eigenvalue weighted by atomic mass is 10.1. The molecule has 15 heavy (non-hydrogen) atoms. The highest BCUT2D eigenvalue weighted by Gasteiger charge is 2.22. The standard InChI is InChI=1S/C13H30N2/c1-9-15(13(5,6)7)11-10-14(8)12(2,3)4/h9-11H2,1-8H3. The molecule has 0 aromatic carbocycles. The normalized spacial score (nSPS) is 14.0. The molecule has 0 spiro atoms. The highest BCUT2D eigenvalue weighted by atomic mass is 15.2. The van der Waals surface area contributed by atoms with Crippen molar-refractivity contribution in [3.63, 3.8) is 0 Å². The van der Waals surface area contributed by atoms with Gasteiger partial charge in [0.15, 0.2) is 0 Å². The second-order valence-electron chi connectivity index (χ2n) is 6.34. The van der Waals surface area contributed by atoms with Gasteiger partial charge in [-0.2, -0.15) is 0 Å². The van der Waals surface area contributed by atoms with Gasteiger partial charge in [0.25, 0.3) is 0 Å². The Kier molecular flexibility index (Phi) is 5.28. The molecule has 0 saturated heterocycles. The van der Waals surface area contributed by atoms with Gasteiger partial charge >= 0.3 is 0 Å². The van der Waals surface area contributed by atoms with Crippen molar-refractivity contribution in [1.82, 2.24) is 9.80 Å². The highest BCUT2D eigenvalue weighted by molar-refractivity contribution is 4.78. The van der Waals surface area contributed by atoms with E-state index in [9.17, 15) is 0 Å². The first-order chi connectivity index (χ1) is 6.59. The summed E-state index contributed by atoms with van der Waals surface area (Å²) in [6.07, 6.45) is 0. The second-order valence-corrected chi connectivity index (χ2v) is 6.34. The first-order valence-electron chi connectivity index (χ1n) is 6.05. The summed E-state index contributed by atoms with van der Waals surface area (Å²) in [5.41, 5.74) is 0.560. The van der Waals surface area contributed by atoms with Crippen molar-refractivity contribution in [3.05, 3.63) is 0 Å². The van der Waals surface area contributed by atoms with Crippen molar-refractivity contribution in [2.24, 2.45) is 0 Å². The van der Waals surface area contributed by atoms with Gasteiger partial charge in [0.1, 0.15) is 0 Å². The fraction of sp³-hybridized carbons (Fsp3) is 1.00. The monoisotopic (exact) mass is 214 g/mol. The van der Waals surface area contributed by atoms with Gasteiger partial charge in [-0.05, 0) is 55.1 Å². The van der Waals surface area contributed by atoms with Crippen LogP contribution in [-0.4, -0.2) is 47.6 Å². The molecule has 0 aliphatic rings. The Morgan fingerprint density at radius 3 is 1.53 bits per heavy atom. The number of hydrogen-bond acceptors (Lipinski definition) is 2. The van der Waals surface area contributed by atoms with Gasteiger partial charge in [0.05, 0.1) is 0 Å². The maximum absolute atomic E-state index is 2.52. The molecule has 0 fully saturated rings. The van der Waals surface area contributed by atoms with Crippen LogP contribution in [0.15, 0.2) is 0 Å². The van der Waals surface area contributed by atoms with E-state index in [2.05, 4.69) is 65.3 Å². The Bertz CT molecular complexity index is 174. The first-order valence-corrected chi connectivity index (χ1v) is 6.05. The molecule has 0 aliphatic carbocycles. The summed E-state index contributed by atoms with van der Waals surface area (Å²) in [5.74, 6) is 0. The zero-order valence-electron chi connectivity index (χ0n) is 12.0. The summed E-state index contributed by atoms with van der Waals surface area (Å²) in [4.78, 5) is 4.94. The first kappa shape index (κ1) is 14.9. The van der Waals surface area contributed by atoms with Crippen LogP contribution in [-0.2, 0) is 0 Å². The van der Waals surface area contributed by atoms with Crippen LogP contribution in [0.1, 0.15) is 48.5 Å². The fourth-order valence-electron chi connectivity index (χ4n) is 1.57. The number of likely N-dealkylation sites (N-methyl/N-ethyl adjacent to an activating group) is 2. The molecule has 0 aromatic rings. The Labute approximate surface area is 96.6 Å². The molecule has 2 nitrogen and oxygen atoms in total. The van der Waals surface area contributed by atoms with Gasteiger partial charge in [0.2, 0.25) is 0 Å². The third-order valence-corrected chi connectivity index (χ3v) is 3.18. The molecule has 0 heterocycles. The number of nitrogens with zero attached hydrogens (tertiary/aromatic N) is 2. The Morgan fingerprint density at radius 2 is 1.27 bits per heavy atom. The highest BCUT2D eigenvalue weighted by Crippen LogP contribution is 2.14. The molecule has 0 N–H and O–H groups in total. The van der Waals surface area contributed by atoms with E-state index in [1.807, 2.05) is 0 Å². The van der Waals surface area contributed by atoms with E-state index in [1.54, 1.807) is 0 Å². The molecule has 0 amide bonds. The summed E-state index contributed by atoms with van der Waals surface area (Å²) in [7, 11) is 2.20. The summed E-state index contributed by atoms with van der Waals surface area (Å²) in [6.45, 7) is 19.3. The molecule has 0 saturated carbocycles. The zero-order valence-corrected chi connectivity index (χ0v) is 12.0. The fourth-order valence-corrected chi connectivity index (χ4v) is 1.57. The van der Waals surface area contributed by atoms with Gasteiger partial charge in [-0.15, -0.1) is 0 Å². The van der Waals surface area contributed by atoms with Gasteiger partial charge < -0.3 is 4.90 Å². The third kappa shape index (κ3) is 5.53. The minimum atomic E-state index is 0.275. The van der Waals surface area contributed by atoms with Crippen LogP contribution in [0, 0.1) is 0 Å². The van der Waals surface area contributed by atoms with E-state index in [0.29, 0.717) is 0 Å². The lowest BCUT2D eigenvalue weighted by molar-refractivity contribution is 0.0992. The van der Waals surface area contributed by atoms with E-state index in [1.165, 1.54) is 0 Å². The molecule has 0 atom stereocenters. The Balaban J connectivity index is 4.14. The average Bonchev–Trinajstić information content (AvgIpc) is 2.00. The van der Waals surface area contributed by atoms with E-state index in [0.717, 1.165) is 19.6 Å². The van der Waals surface area contributed by atoms with E-state index >= 15 is 0 Å². The zero-order chi connectivity index (χ0) is 12.3. The SMILES string of the molecule is CCN(CCN(C)C(C)(C)C)C(C)(C)C. The van der Waals surface area contributed by atoms with Gasteiger partial charge in [0, 0.05) is 24.2 Å². The topological polar surface area (TPSA) is 6.48 Å². The average molecular weight is 214 g/mol. The third-order valence-electron chi connectivity index (χ3n) is 3.18. The lowest BCUT2D eigenvalue weighted by Crippen LogP contribution is -2.48. The molecule has 2 heteroatoms. The van der Waals surface area contributed by atoms with E-state index in [-0.39, 0.29) is 11.1 Å². The van der Waals surface area contributed by atoms with Gasteiger partial charge in [-0.3, -0.25) is 4.90 Å². The lowest BCUT2D eigenvalue weighted by Gasteiger charge is -2.38. The van der Waals surface area contributed by atoms with Crippen molar-refractivity contribution < 1.29 is 0 Å².